The SMILES string of the molecule is C=CCN1CCP(C)CC1. The van der Waals surface area contributed by atoms with Gasteiger partial charge in [-0.15, -0.1) is 14.5 Å². The van der Waals surface area contributed by atoms with E-state index in [1.165, 1.54) is 25.4 Å². The third-order valence-corrected chi connectivity index (χ3v) is 3.91. The molecule has 2 heteroatoms. The second kappa shape index (κ2) is 4.10. The normalized spacial score (nSPS) is 22.9. The Labute approximate surface area is 64.9 Å². The van der Waals surface area contributed by atoms with Gasteiger partial charge in [-0.25, -0.2) is 0 Å². The molecule has 1 aliphatic rings. The van der Waals surface area contributed by atoms with E-state index in [0.717, 1.165) is 6.54 Å². The van der Waals surface area contributed by atoms with Crippen molar-refractivity contribution in [2.75, 3.05) is 38.6 Å². The molecule has 0 radical (unpaired) electrons. The molecule has 0 unspecified atom stereocenters. The summed E-state index contributed by atoms with van der Waals surface area (Å²) >= 11 is 0. The van der Waals surface area contributed by atoms with Gasteiger partial charge in [-0.2, -0.15) is 0 Å². The van der Waals surface area contributed by atoms with Crippen LogP contribution in [0, 0.1) is 0 Å². The lowest BCUT2D eigenvalue weighted by Gasteiger charge is -2.29. The zero-order valence-corrected chi connectivity index (χ0v) is 7.61. The van der Waals surface area contributed by atoms with Crippen LogP contribution in [-0.2, 0) is 0 Å². The van der Waals surface area contributed by atoms with E-state index in [-0.39, 0.29) is 0 Å². The fraction of sp³-hybridized carbons (Fsp3) is 0.750. The van der Waals surface area contributed by atoms with Crippen LogP contribution in [0.3, 0.4) is 0 Å². The van der Waals surface area contributed by atoms with Gasteiger partial charge in [-0.1, -0.05) is 6.08 Å². The maximum atomic E-state index is 3.74. The lowest BCUT2D eigenvalue weighted by atomic mass is 10.4. The van der Waals surface area contributed by atoms with Gasteiger partial charge in [0.1, 0.15) is 0 Å². The van der Waals surface area contributed by atoms with Gasteiger partial charge >= 0.3 is 0 Å². The first kappa shape index (κ1) is 8.23. The van der Waals surface area contributed by atoms with E-state index in [4.69, 9.17) is 0 Å². The monoisotopic (exact) mass is 157 g/mol. The van der Waals surface area contributed by atoms with E-state index >= 15 is 0 Å². The minimum Gasteiger partial charge on any atom is -0.299 e. The third kappa shape index (κ3) is 2.40. The van der Waals surface area contributed by atoms with Crippen LogP contribution in [-0.4, -0.2) is 43.5 Å². The van der Waals surface area contributed by atoms with Crippen LogP contribution >= 0.6 is 7.92 Å². The van der Waals surface area contributed by atoms with Gasteiger partial charge in [-0.05, 0) is 19.0 Å². The van der Waals surface area contributed by atoms with E-state index in [2.05, 4.69) is 18.1 Å². The minimum atomic E-state index is 0.395. The van der Waals surface area contributed by atoms with Crippen molar-refractivity contribution in [2.45, 2.75) is 0 Å². The Hall–Kier alpha value is 0.130. The van der Waals surface area contributed by atoms with Crippen molar-refractivity contribution in [3.8, 4) is 0 Å². The quantitative estimate of drug-likeness (QED) is 0.434. The minimum absolute atomic E-state index is 0.395. The molecule has 0 N–H and O–H groups in total. The Morgan fingerprint density at radius 1 is 1.50 bits per heavy atom. The van der Waals surface area contributed by atoms with E-state index in [0.29, 0.717) is 7.92 Å². The van der Waals surface area contributed by atoms with Gasteiger partial charge in [0.25, 0.3) is 0 Å². The second-order valence-corrected chi connectivity index (χ2v) is 5.50. The number of rotatable bonds is 2. The third-order valence-electron chi connectivity index (χ3n) is 1.98. The van der Waals surface area contributed by atoms with Crippen molar-refractivity contribution < 1.29 is 0 Å². The first-order chi connectivity index (χ1) is 4.83. The average molecular weight is 157 g/mol. The maximum Gasteiger partial charge on any atom is 0.0160 e. The van der Waals surface area contributed by atoms with E-state index < -0.39 is 0 Å². The summed E-state index contributed by atoms with van der Waals surface area (Å²) in [7, 11) is 0.395. The Morgan fingerprint density at radius 2 is 2.10 bits per heavy atom. The van der Waals surface area contributed by atoms with Crippen LogP contribution < -0.4 is 0 Å². The number of hydrogen-bond donors (Lipinski definition) is 0. The summed E-state index contributed by atoms with van der Waals surface area (Å²) in [6.45, 7) is 9.83. The Kier molecular flexibility index (Phi) is 3.37. The molecule has 0 bridgehead atoms. The summed E-state index contributed by atoms with van der Waals surface area (Å²) in [6, 6.07) is 0. The van der Waals surface area contributed by atoms with Crippen molar-refractivity contribution in [1.29, 1.82) is 0 Å². The lowest BCUT2D eigenvalue weighted by molar-refractivity contribution is 0.333. The van der Waals surface area contributed by atoms with Crippen molar-refractivity contribution in [1.82, 2.24) is 4.90 Å². The fourth-order valence-corrected chi connectivity index (χ4v) is 2.69. The van der Waals surface area contributed by atoms with Crippen LogP contribution in [0.15, 0.2) is 12.7 Å². The predicted octanol–water partition coefficient (Wildman–Crippen LogP) is 1.60. The second-order valence-electron chi connectivity index (χ2n) is 2.89. The summed E-state index contributed by atoms with van der Waals surface area (Å²) in [5.74, 6) is 0. The number of hydrogen-bond acceptors (Lipinski definition) is 1. The zero-order valence-electron chi connectivity index (χ0n) is 6.71. The molecule has 1 nitrogen and oxygen atoms in total. The molecule has 0 spiro atoms. The summed E-state index contributed by atoms with van der Waals surface area (Å²) in [5, 5.41) is 0. The highest BCUT2D eigenvalue weighted by Crippen LogP contribution is 2.32. The van der Waals surface area contributed by atoms with Gasteiger partial charge < -0.3 is 0 Å². The van der Waals surface area contributed by atoms with Crippen LogP contribution in [0.25, 0.3) is 0 Å². The highest BCUT2D eigenvalue weighted by atomic mass is 31.1. The van der Waals surface area contributed by atoms with Gasteiger partial charge in [0.15, 0.2) is 0 Å². The van der Waals surface area contributed by atoms with Gasteiger partial charge in [-0.3, -0.25) is 4.90 Å². The molecule has 0 atom stereocenters. The Morgan fingerprint density at radius 3 is 2.60 bits per heavy atom. The van der Waals surface area contributed by atoms with Crippen molar-refractivity contribution >= 4 is 7.92 Å². The topological polar surface area (TPSA) is 3.24 Å². The van der Waals surface area contributed by atoms with Gasteiger partial charge in [0.2, 0.25) is 0 Å². The van der Waals surface area contributed by atoms with Crippen molar-refractivity contribution in [2.24, 2.45) is 0 Å². The molecule has 1 rings (SSSR count). The van der Waals surface area contributed by atoms with Crippen LogP contribution in [0.4, 0.5) is 0 Å². The van der Waals surface area contributed by atoms with E-state index in [1.54, 1.807) is 0 Å². The molecule has 1 fully saturated rings. The molecule has 0 aromatic carbocycles. The summed E-state index contributed by atoms with van der Waals surface area (Å²) in [6.07, 6.45) is 4.87. The molecular weight excluding hydrogens is 141 g/mol. The molecule has 1 aliphatic heterocycles. The molecule has 0 aromatic rings. The summed E-state index contributed by atoms with van der Waals surface area (Å²) in [5.41, 5.74) is 0. The lowest BCUT2D eigenvalue weighted by Crippen LogP contribution is -2.33. The molecule has 0 aromatic heterocycles. The molecule has 10 heavy (non-hydrogen) atoms. The summed E-state index contributed by atoms with van der Waals surface area (Å²) in [4.78, 5) is 2.48. The first-order valence-electron chi connectivity index (χ1n) is 3.84. The Balaban J connectivity index is 2.19. The zero-order chi connectivity index (χ0) is 7.40. The highest BCUT2D eigenvalue weighted by molar-refractivity contribution is 7.56. The van der Waals surface area contributed by atoms with E-state index in [1.807, 2.05) is 6.08 Å². The van der Waals surface area contributed by atoms with Gasteiger partial charge in [0.05, 0.1) is 0 Å². The van der Waals surface area contributed by atoms with Crippen molar-refractivity contribution in [3.63, 3.8) is 0 Å². The van der Waals surface area contributed by atoms with E-state index in [9.17, 15) is 0 Å². The smallest absolute Gasteiger partial charge is 0.0160 e. The molecule has 58 valence electrons. The first-order valence-corrected chi connectivity index (χ1v) is 6.00. The average Bonchev–Trinajstić information content (AvgIpc) is 1.95. The summed E-state index contributed by atoms with van der Waals surface area (Å²) < 4.78 is 0. The van der Waals surface area contributed by atoms with Crippen LogP contribution in [0.5, 0.6) is 0 Å². The highest BCUT2D eigenvalue weighted by Gasteiger charge is 2.12. The van der Waals surface area contributed by atoms with Crippen molar-refractivity contribution in [3.05, 3.63) is 12.7 Å². The fourth-order valence-electron chi connectivity index (χ4n) is 1.21. The standard InChI is InChI=1S/C8H16NP/c1-3-4-9-5-7-10(2)8-6-9/h3H,1,4-8H2,2H3. The molecule has 1 heterocycles. The Bertz CT molecular complexity index is 106. The number of nitrogens with zero attached hydrogens (tertiary/aromatic N) is 1. The molecule has 1 saturated heterocycles. The molecule has 0 amide bonds. The predicted molar refractivity (Wildman–Crippen MR) is 49.2 cm³/mol. The van der Waals surface area contributed by atoms with Crippen LogP contribution in [0.1, 0.15) is 0 Å². The molecule has 0 aliphatic carbocycles. The maximum absolute atomic E-state index is 3.74. The molecule has 0 saturated carbocycles. The van der Waals surface area contributed by atoms with Crippen LogP contribution in [0.2, 0.25) is 0 Å². The van der Waals surface area contributed by atoms with Gasteiger partial charge in [0, 0.05) is 19.6 Å². The largest absolute Gasteiger partial charge is 0.299 e. The molecular formula is C8H16NP.